The summed E-state index contributed by atoms with van der Waals surface area (Å²) in [5, 5.41) is 7.21. The van der Waals surface area contributed by atoms with Crippen LogP contribution >= 0.6 is 11.6 Å². The van der Waals surface area contributed by atoms with Gasteiger partial charge < -0.3 is 15.4 Å². The Hall–Kier alpha value is -1.14. The molecular formula is C18H26ClN3O2. The lowest BCUT2D eigenvalue weighted by Crippen LogP contribution is -2.45. The molecule has 1 amide bonds. The number of nitrogens with zero attached hydrogens (tertiary/aromatic N) is 1. The third-order valence-corrected chi connectivity index (χ3v) is 5.13. The van der Waals surface area contributed by atoms with Crippen molar-refractivity contribution in [3.05, 3.63) is 34.9 Å². The Labute approximate surface area is 148 Å². The first-order valence-corrected chi connectivity index (χ1v) is 9.17. The SMILES string of the molecule is O=C(NCC(c1cccc(Cl)c1)N1CCOCC1)C1CCNCC1. The van der Waals surface area contributed by atoms with Crippen LogP contribution in [0.5, 0.6) is 0 Å². The van der Waals surface area contributed by atoms with Gasteiger partial charge in [0.25, 0.3) is 0 Å². The average Bonchev–Trinajstić information content (AvgIpc) is 2.63. The summed E-state index contributed by atoms with van der Waals surface area (Å²) >= 11 is 6.17. The number of benzene rings is 1. The molecule has 2 aliphatic rings. The number of halogens is 1. The van der Waals surface area contributed by atoms with Crippen molar-refractivity contribution in [2.24, 2.45) is 5.92 Å². The number of ether oxygens (including phenoxy) is 1. The van der Waals surface area contributed by atoms with Crippen LogP contribution in [0.15, 0.2) is 24.3 Å². The first-order valence-electron chi connectivity index (χ1n) is 8.80. The lowest BCUT2D eigenvalue weighted by atomic mass is 9.97. The van der Waals surface area contributed by atoms with Crippen LogP contribution in [0.25, 0.3) is 0 Å². The van der Waals surface area contributed by atoms with Crippen molar-refractivity contribution in [3.8, 4) is 0 Å². The summed E-state index contributed by atoms with van der Waals surface area (Å²) in [6, 6.07) is 8.08. The van der Waals surface area contributed by atoms with Crippen LogP contribution in [0.4, 0.5) is 0 Å². The molecule has 1 atom stereocenters. The molecule has 2 heterocycles. The van der Waals surface area contributed by atoms with E-state index >= 15 is 0 Å². The minimum Gasteiger partial charge on any atom is -0.379 e. The minimum absolute atomic E-state index is 0.135. The van der Waals surface area contributed by atoms with E-state index in [-0.39, 0.29) is 17.9 Å². The van der Waals surface area contributed by atoms with Gasteiger partial charge in [0, 0.05) is 30.6 Å². The Morgan fingerprint density at radius 3 is 2.79 bits per heavy atom. The smallest absolute Gasteiger partial charge is 0.223 e. The molecule has 132 valence electrons. The summed E-state index contributed by atoms with van der Waals surface area (Å²) in [6.07, 6.45) is 1.84. The lowest BCUT2D eigenvalue weighted by Gasteiger charge is -2.35. The number of morpholine rings is 1. The molecule has 2 fully saturated rings. The van der Waals surface area contributed by atoms with Crippen LogP contribution in [0, 0.1) is 5.92 Å². The number of carbonyl (C=O) groups excluding carboxylic acids is 1. The van der Waals surface area contributed by atoms with Crippen molar-refractivity contribution in [2.45, 2.75) is 18.9 Å². The van der Waals surface area contributed by atoms with E-state index in [1.54, 1.807) is 0 Å². The molecule has 1 unspecified atom stereocenters. The Morgan fingerprint density at radius 1 is 1.33 bits per heavy atom. The first kappa shape index (κ1) is 17.7. The van der Waals surface area contributed by atoms with Crippen molar-refractivity contribution < 1.29 is 9.53 Å². The Morgan fingerprint density at radius 2 is 2.08 bits per heavy atom. The van der Waals surface area contributed by atoms with Gasteiger partial charge in [0.05, 0.1) is 19.3 Å². The summed E-state index contributed by atoms with van der Waals surface area (Å²) in [5.41, 5.74) is 1.15. The second-order valence-corrected chi connectivity index (χ2v) is 6.93. The predicted molar refractivity (Wildman–Crippen MR) is 95.2 cm³/mol. The summed E-state index contributed by atoms with van der Waals surface area (Å²) < 4.78 is 5.47. The van der Waals surface area contributed by atoms with Gasteiger partial charge in [0.2, 0.25) is 5.91 Å². The van der Waals surface area contributed by atoms with Gasteiger partial charge in [-0.25, -0.2) is 0 Å². The van der Waals surface area contributed by atoms with E-state index in [4.69, 9.17) is 16.3 Å². The predicted octanol–water partition coefficient (Wildman–Crippen LogP) is 1.83. The second-order valence-electron chi connectivity index (χ2n) is 6.49. The lowest BCUT2D eigenvalue weighted by molar-refractivity contribution is -0.126. The Bertz CT molecular complexity index is 543. The molecule has 0 aliphatic carbocycles. The molecular weight excluding hydrogens is 326 g/mol. The highest BCUT2D eigenvalue weighted by molar-refractivity contribution is 6.30. The van der Waals surface area contributed by atoms with Crippen molar-refractivity contribution in [3.63, 3.8) is 0 Å². The molecule has 6 heteroatoms. The third-order valence-electron chi connectivity index (χ3n) is 4.90. The van der Waals surface area contributed by atoms with Gasteiger partial charge in [0.1, 0.15) is 0 Å². The van der Waals surface area contributed by atoms with Crippen LogP contribution in [-0.4, -0.2) is 56.7 Å². The zero-order chi connectivity index (χ0) is 16.8. The molecule has 24 heavy (non-hydrogen) atoms. The minimum atomic E-state index is 0.135. The zero-order valence-corrected chi connectivity index (χ0v) is 14.7. The third kappa shape index (κ3) is 4.70. The summed E-state index contributed by atoms with van der Waals surface area (Å²) in [7, 11) is 0. The molecule has 2 N–H and O–H groups in total. The largest absolute Gasteiger partial charge is 0.379 e. The summed E-state index contributed by atoms with van der Waals surface area (Å²) in [4.78, 5) is 14.8. The number of hydrogen-bond donors (Lipinski definition) is 2. The molecule has 1 aromatic carbocycles. The van der Waals surface area contributed by atoms with Crippen molar-refractivity contribution in [1.29, 1.82) is 0 Å². The quantitative estimate of drug-likeness (QED) is 0.849. The molecule has 0 radical (unpaired) electrons. The fourth-order valence-corrected chi connectivity index (χ4v) is 3.69. The second kappa shape index (κ2) is 8.81. The van der Waals surface area contributed by atoms with Crippen LogP contribution < -0.4 is 10.6 Å². The number of hydrogen-bond acceptors (Lipinski definition) is 4. The average molecular weight is 352 g/mol. The molecule has 3 rings (SSSR count). The van der Waals surface area contributed by atoms with Crippen molar-refractivity contribution in [2.75, 3.05) is 45.9 Å². The fraction of sp³-hybridized carbons (Fsp3) is 0.611. The molecule has 5 nitrogen and oxygen atoms in total. The van der Waals surface area contributed by atoms with E-state index in [1.807, 2.05) is 18.2 Å². The molecule has 2 aliphatic heterocycles. The number of rotatable bonds is 5. The maximum absolute atomic E-state index is 12.5. The van der Waals surface area contributed by atoms with Crippen LogP contribution in [0.1, 0.15) is 24.4 Å². The molecule has 0 aromatic heterocycles. The van der Waals surface area contributed by atoms with E-state index < -0.39 is 0 Å². The molecule has 1 aromatic rings. The first-order chi connectivity index (χ1) is 11.7. The Balaban J connectivity index is 1.66. The number of piperidine rings is 1. The van der Waals surface area contributed by atoms with Crippen molar-refractivity contribution >= 4 is 17.5 Å². The number of carbonyl (C=O) groups is 1. The normalized spacial score (nSPS) is 21.4. The van der Waals surface area contributed by atoms with Crippen LogP contribution in [-0.2, 0) is 9.53 Å². The number of nitrogens with one attached hydrogen (secondary N) is 2. The van der Waals surface area contributed by atoms with Gasteiger partial charge in [-0.3, -0.25) is 9.69 Å². The highest BCUT2D eigenvalue weighted by Gasteiger charge is 2.26. The maximum Gasteiger partial charge on any atom is 0.223 e. The zero-order valence-electron chi connectivity index (χ0n) is 14.0. The Kier molecular flexibility index (Phi) is 6.49. The van der Waals surface area contributed by atoms with Gasteiger partial charge >= 0.3 is 0 Å². The van der Waals surface area contributed by atoms with E-state index in [2.05, 4.69) is 21.6 Å². The van der Waals surface area contributed by atoms with Gasteiger partial charge in [-0.1, -0.05) is 23.7 Å². The van der Waals surface area contributed by atoms with E-state index in [1.165, 1.54) is 0 Å². The maximum atomic E-state index is 12.5. The standard InChI is InChI=1S/C18H26ClN3O2/c19-16-3-1-2-15(12-16)17(22-8-10-24-11-9-22)13-21-18(23)14-4-6-20-7-5-14/h1-3,12,14,17,20H,4-11,13H2,(H,21,23). The van der Waals surface area contributed by atoms with E-state index in [9.17, 15) is 4.79 Å². The fourth-order valence-electron chi connectivity index (χ4n) is 3.49. The monoisotopic (exact) mass is 351 g/mol. The number of amides is 1. The highest BCUT2D eigenvalue weighted by atomic mass is 35.5. The van der Waals surface area contributed by atoms with Gasteiger partial charge in [-0.2, -0.15) is 0 Å². The van der Waals surface area contributed by atoms with Gasteiger partial charge in [-0.15, -0.1) is 0 Å². The van der Waals surface area contributed by atoms with E-state index in [0.29, 0.717) is 6.54 Å². The van der Waals surface area contributed by atoms with Crippen LogP contribution in [0.2, 0.25) is 5.02 Å². The topological polar surface area (TPSA) is 53.6 Å². The summed E-state index contributed by atoms with van der Waals surface area (Å²) in [6.45, 7) is 5.70. The summed E-state index contributed by atoms with van der Waals surface area (Å²) in [5.74, 6) is 0.313. The van der Waals surface area contributed by atoms with Gasteiger partial charge in [0.15, 0.2) is 0 Å². The van der Waals surface area contributed by atoms with Crippen LogP contribution in [0.3, 0.4) is 0 Å². The molecule has 0 saturated carbocycles. The molecule has 2 saturated heterocycles. The van der Waals surface area contributed by atoms with Gasteiger partial charge in [-0.05, 0) is 43.6 Å². The van der Waals surface area contributed by atoms with E-state index in [0.717, 1.165) is 62.8 Å². The highest BCUT2D eigenvalue weighted by Crippen LogP contribution is 2.24. The molecule has 0 bridgehead atoms. The van der Waals surface area contributed by atoms with Crippen molar-refractivity contribution in [1.82, 2.24) is 15.5 Å². The molecule has 0 spiro atoms.